The number of benzene rings is 2. The monoisotopic (exact) mass is 252 g/mol. The van der Waals surface area contributed by atoms with E-state index >= 15 is 0 Å². The zero-order valence-electron chi connectivity index (χ0n) is 11.1. The van der Waals surface area contributed by atoms with Gasteiger partial charge in [0, 0.05) is 6.08 Å². The number of methoxy groups -OCH3 is 1. The van der Waals surface area contributed by atoms with E-state index in [1.54, 1.807) is 0 Å². The maximum absolute atomic E-state index is 11.3. The molecule has 2 aromatic rings. The fraction of sp³-hybridized carbons (Fsp3) is 0.118. The zero-order chi connectivity index (χ0) is 13.7. The van der Waals surface area contributed by atoms with E-state index in [1.165, 1.54) is 13.2 Å². The van der Waals surface area contributed by atoms with E-state index in [4.69, 9.17) is 0 Å². The first-order valence-corrected chi connectivity index (χ1v) is 6.13. The highest BCUT2D eigenvalue weighted by atomic mass is 16.5. The molecule has 2 aromatic carbocycles. The van der Waals surface area contributed by atoms with Crippen LogP contribution in [0.15, 0.2) is 60.7 Å². The molecule has 0 aromatic heterocycles. The van der Waals surface area contributed by atoms with Crippen molar-refractivity contribution >= 4 is 11.5 Å². The van der Waals surface area contributed by atoms with Crippen LogP contribution in [0.5, 0.6) is 0 Å². The number of hydrogen-bond donors (Lipinski definition) is 0. The predicted molar refractivity (Wildman–Crippen MR) is 77.5 cm³/mol. The fourth-order valence-electron chi connectivity index (χ4n) is 1.89. The first-order chi connectivity index (χ1) is 9.20. The van der Waals surface area contributed by atoms with Crippen molar-refractivity contribution in [2.75, 3.05) is 7.11 Å². The smallest absolute Gasteiger partial charge is 0.330 e. The first-order valence-electron chi connectivity index (χ1n) is 6.13. The molecule has 0 atom stereocenters. The van der Waals surface area contributed by atoms with Crippen LogP contribution in [-0.2, 0) is 9.53 Å². The molecule has 0 spiro atoms. The molecule has 0 amide bonds. The van der Waals surface area contributed by atoms with E-state index in [0.717, 1.165) is 22.3 Å². The second-order valence-corrected chi connectivity index (χ2v) is 4.30. The van der Waals surface area contributed by atoms with Crippen molar-refractivity contribution in [1.82, 2.24) is 0 Å². The number of carbonyl (C=O) groups is 1. The largest absolute Gasteiger partial charge is 0.466 e. The summed E-state index contributed by atoms with van der Waals surface area (Å²) >= 11 is 0. The second-order valence-electron chi connectivity index (χ2n) is 4.30. The molecular formula is C17H16O2. The third kappa shape index (κ3) is 3.32. The van der Waals surface area contributed by atoms with E-state index in [-0.39, 0.29) is 5.97 Å². The Kier molecular flexibility index (Phi) is 4.14. The van der Waals surface area contributed by atoms with Crippen LogP contribution >= 0.6 is 0 Å². The molecule has 0 fully saturated rings. The van der Waals surface area contributed by atoms with Crippen LogP contribution in [0.3, 0.4) is 0 Å². The maximum atomic E-state index is 11.3. The lowest BCUT2D eigenvalue weighted by Gasteiger charge is -2.06. The average Bonchev–Trinajstić information content (AvgIpc) is 2.48. The summed E-state index contributed by atoms with van der Waals surface area (Å²) in [4.78, 5) is 11.3. The summed E-state index contributed by atoms with van der Waals surface area (Å²) in [5, 5.41) is 0. The minimum Gasteiger partial charge on any atom is -0.466 e. The summed E-state index contributed by atoms with van der Waals surface area (Å²) < 4.78 is 4.64. The molecule has 19 heavy (non-hydrogen) atoms. The molecule has 0 aliphatic carbocycles. The van der Waals surface area contributed by atoms with Gasteiger partial charge in [0.05, 0.1) is 7.11 Å². The van der Waals surface area contributed by atoms with Crippen LogP contribution in [0.25, 0.3) is 16.7 Å². The predicted octanol–water partition coefficient (Wildman–Crippen LogP) is 3.93. The molecule has 96 valence electrons. The number of carbonyl (C=O) groups excluding carboxylic acids is 1. The highest BCUT2D eigenvalue weighted by molar-refractivity contribution is 5.91. The summed E-state index contributed by atoms with van der Waals surface area (Å²) in [5.74, 6) is -0.331. The lowest BCUT2D eigenvalue weighted by molar-refractivity contribution is -0.134. The SMILES string of the molecule is COC(=O)/C=C(\C)c1cccc(-c2ccccc2)c1. The maximum Gasteiger partial charge on any atom is 0.330 e. The summed E-state index contributed by atoms with van der Waals surface area (Å²) in [5.41, 5.74) is 4.21. The Morgan fingerprint density at radius 3 is 2.37 bits per heavy atom. The van der Waals surface area contributed by atoms with Gasteiger partial charge in [0.25, 0.3) is 0 Å². The minimum absolute atomic E-state index is 0.331. The average molecular weight is 252 g/mol. The number of esters is 1. The van der Waals surface area contributed by atoms with Crippen LogP contribution < -0.4 is 0 Å². The molecular weight excluding hydrogens is 236 g/mol. The van der Waals surface area contributed by atoms with Crippen LogP contribution in [0.1, 0.15) is 12.5 Å². The molecule has 2 heteroatoms. The Labute approximate surface area is 113 Å². The van der Waals surface area contributed by atoms with Crippen molar-refractivity contribution in [3.63, 3.8) is 0 Å². The summed E-state index contributed by atoms with van der Waals surface area (Å²) in [6.45, 7) is 1.90. The minimum atomic E-state index is -0.331. The number of hydrogen-bond acceptors (Lipinski definition) is 2. The number of allylic oxidation sites excluding steroid dienone is 1. The Hall–Kier alpha value is -2.35. The topological polar surface area (TPSA) is 26.3 Å². The number of ether oxygens (including phenoxy) is 1. The quantitative estimate of drug-likeness (QED) is 0.611. The van der Waals surface area contributed by atoms with E-state index in [1.807, 2.05) is 37.3 Å². The first kappa shape index (κ1) is 13.1. The molecule has 0 bridgehead atoms. The summed E-state index contributed by atoms with van der Waals surface area (Å²) in [6.07, 6.45) is 1.50. The molecule has 0 saturated heterocycles. The molecule has 0 N–H and O–H groups in total. The Balaban J connectivity index is 2.35. The van der Waals surface area contributed by atoms with Crippen molar-refractivity contribution < 1.29 is 9.53 Å². The van der Waals surface area contributed by atoms with Crippen LogP contribution in [0.2, 0.25) is 0 Å². The van der Waals surface area contributed by atoms with E-state index in [9.17, 15) is 4.79 Å². The molecule has 2 nitrogen and oxygen atoms in total. The van der Waals surface area contributed by atoms with Gasteiger partial charge in [-0.1, -0.05) is 48.5 Å². The van der Waals surface area contributed by atoms with Gasteiger partial charge in [-0.3, -0.25) is 0 Å². The third-order valence-corrected chi connectivity index (χ3v) is 2.96. The van der Waals surface area contributed by atoms with Gasteiger partial charge in [-0.15, -0.1) is 0 Å². The summed E-state index contributed by atoms with van der Waals surface area (Å²) in [7, 11) is 1.38. The lowest BCUT2D eigenvalue weighted by Crippen LogP contribution is -1.95. The van der Waals surface area contributed by atoms with Gasteiger partial charge in [-0.25, -0.2) is 4.79 Å². The van der Waals surface area contributed by atoms with E-state index < -0.39 is 0 Å². The molecule has 0 unspecified atom stereocenters. The Morgan fingerprint density at radius 1 is 1.00 bits per heavy atom. The van der Waals surface area contributed by atoms with Crippen LogP contribution in [-0.4, -0.2) is 13.1 Å². The Bertz CT molecular complexity index is 598. The fourth-order valence-corrected chi connectivity index (χ4v) is 1.89. The van der Waals surface area contributed by atoms with Gasteiger partial charge >= 0.3 is 5.97 Å². The van der Waals surface area contributed by atoms with Crippen molar-refractivity contribution in [3.8, 4) is 11.1 Å². The van der Waals surface area contributed by atoms with Gasteiger partial charge in [0.1, 0.15) is 0 Å². The van der Waals surface area contributed by atoms with Gasteiger partial charge in [0.15, 0.2) is 0 Å². The van der Waals surface area contributed by atoms with Crippen molar-refractivity contribution in [2.45, 2.75) is 6.92 Å². The van der Waals surface area contributed by atoms with Gasteiger partial charge in [-0.2, -0.15) is 0 Å². The summed E-state index contributed by atoms with van der Waals surface area (Å²) in [6, 6.07) is 18.3. The standard InChI is InChI=1S/C17H16O2/c1-13(11-17(18)19-2)15-9-6-10-16(12-15)14-7-4-3-5-8-14/h3-12H,1-2H3/b13-11+. The van der Waals surface area contributed by atoms with E-state index in [0.29, 0.717) is 0 Å². The zero-order valence-corrected chi connectivity index (χ0v) is 11.1. The van der Waals surface area contributed by atoms with Crippen LogP contribution in [0.4, 0.5) is 0 Å². The van der Waals surface area contributed by atoms with Crippen molar-refractivity contribution in [3.05, 3.63) is 66.2 Å². The number of rotatable bonds is 3. The highest BCUT2D eigenvalue weighted by Gasteiger charge is 2.02. The van der Waals surface area contributed by atoms with Crippen molar-refractivity contribution in [1.29, 1.82) is 0 Å². The van der Waals surface area contributed by atoms with Crippen LogP contribution in [0, 0.1) is 0 Å². The molecule has 2 rings (SSSR count). The molecule has 0 radical (unpaired) electrons. The second kappa shape index (κ2) is 6.01. The molecule has 0 aliphatic heterocycles. The van der Waals surface area contributed by atoms with E-state index in [2.05, 4.69) is 29.0 Å². The molecule has 0 heterocycles. The Morgan fingerprint density at radius 2 is 1.68 bits per heavy atom. The normalized spacial score (nSPS) is 11.2. The molecule has 0 saturated carbocycles. The molecule has 0 aliphatic rings. The third-order valence-electron chi connectivity index (χ3n) is 2.96. The highest BCUT2D eigenvalue weighted by Crippen LogP contribution is 2.23. The van der Waals surface area contributed by atoms with Gasteiger partial charge in [-0.05, 0) is 35.3 Å². The van der Waals surface area contributed by atoms with Gasteiger partial charge in [0.2, 0.25) is 0 Å². The lowest BCUT2D eigenvalue weighted by atomic mass is 10.00. The van der Waals surface area contributed by atoms with Crippen molar-refractivity contribution in [2.24, 2.45) is 0 Å². The van der Waals surface area contributed by atoms with Gasteiger partial charge < -0.3 is 4.74 Å².